The summed E-state index contributed by atoms with van der Waals surface area (Å²) in [5.41, 5.74) is 7.00. The molecule has 2 unspecified atom stereocenters. The van der Waals surface area contributed by atoms with Crippen LogP contribution in [0.2, 0.25) is 0 Å². The van der Waals surface area contributed by atoms with E-state index >= 15 is 0 Å². The summed E-state index contributed by atoms with van der Waals surface area (Å²) in [6, 6.07) is -0.209. The highest BCUT2D eigenvalue weighted by Gasteiger charge is 2.37. The molecule has 5 nitrogen and oxygen atoms in total. The molecule has 0 aromatic rings. The third-order valence-corrected chi connectivity index (χ3v) is 4.51. The summed E-state index contributed by atoms with van der Waals surface area (Å²) in [6.45, 7) is 1.93. The van der Waals surface area contributed by atoms with Crippen LogP contribution in [0.1, 0.15) is 19.3 Å². The molecule has 2 N–H and O–H groups in total. The number of hydrogen-bond acceptors (Lipinski definition) is 5. The summed E-state index contributed by atoms with van der Waals surface area (Å²) in [5, 5.41) is 8.32. The van der Waals surface area contributed by atoms with Gasteiger partial charge in [0.25, 0.3) is 5.91 Å². The van der Waals surface area contributed by atoms with E-state index in [0.29, 0.717) is 0 Å². The maximum atomic E-state index is 12.2. The zero-order valence-corrected chi connectivity index (χ0v) is 11.1. The summed E-state index contributed by atoms with van der Waals surface area (Å²) < 4.78 is 0. The molecular weight excluding hydrogens is 248 g/mol. The Balaban J connectivity index is 1.58. The number of carbonyl (C=O) groups is 1. The molecular formula is C12H18N4OS. The van der Waals surface area contributed by atoms with Gasteiger partial charge < -0.3 is 0 Å². The van der Waals surface area contributed by atoms with Crippen molar-refractivity contribution in [2.45, 2.75) is 25.3 Å². The highest BCUT2D eigenvalue weighted by atomic mass is 32.2. The molecule has 0 spiro atoms. The van der Waals surface area contributed by atoms with Crippen molar-refractivity contribution in [2.75, 3.05) is 18.8 Å². The summed E-state index contributed by atoms with van der Waals surface area (Å²) in [5.74, 6) is 1.20. The second-order valence-corrected chi connectivity index (χ2v) is 5.85. The van der Waals surface area contributed by atoms with Crippen LogP contribution < -0.4 is 10.9 Å². The summed E-state index contributed by atoms with van der Waals surface area (Å²) in [7, 11) is 0. The number of nitrogens with zero attached hydrogens (tertiary/aromatic N) is 2. The number of amides is 1. The van der Waals surface area contributed by atoms with Gasteiger partial charge in [-0.2, -0.15) is 5.10 Å². The normalized spacial score (nSPS) is 31.4. The van der Waals surface area contributed by atoms with Crippen molar-refractivity contribution in [1.29, 1.82) is 0 Å². The lowest BCUT2D eigenvalue weighted by Crippen LogP contribution is -2.53. The molecule has 0 aliphatic carbocycles. The van der Waals surface area contributed by atoms with Crippen molar-refractivity contribution >= 4 is 23.4 Å². The van der Waals surface area contributed by atoms with Gasteiger partial charge in [0.1, 0.15) is 6.04 Å². The number of nitrogens with one attached hydrogen (secondary N) is 2. The van der Waals surface area contributed by atoms with Gasteiger partial charge in [0.15, 0.2) is 0 Å². The minimum atomic E-state index is -0.209. The average molecular weight is 266 g/mol. The Morgan fingerprint density at radius 2 is 2.28 bits per heavy atom. The first-order valence-electron chi connectivity index (χ1n) is 6.51. The molecule has 0 saturated carbocycles. The van der Waals surface area contributed by atoms with E-state index in [1.807, 2.05) is 16.5 Å². The van der Waals surface area contributed by atoms with Gasteiger partial charge in [-0.15, -0.1) is 11.8 Å². The lowest BCUT2D eigenvalue weighted by molar-refractivity contribution is -0.128. The lowest BCUT2D eigenvalue weighted by Gasteiger charge is -2.29. The average Bonchev–Trinajstić information content (AvgIpc) is 2.84. The Morgan fingerprint density at radius 3 is 3.11 bits per heavy atom. The number of hydrogen-bond donors (Lipinski definition) is 2. The fourth-order valence-corrected chi connectivity index (χ4v) is 3.50. The SMILES string of the molecule is O=C(NN1CCCCC1)C1NN=C2C=CSCC21. The number of piperidine rings is 1. The van der Waals surface area contributed by atoms with Gasteiger partial charge in [-0.25, -0.2) is 5.01 Å². The number of rotatable bonds is 2. The quantitative estimate of drug-likeness (QED) is 0.773. The summed E-state index contributed by atoms with van der Waals surface area (Å²) >= 11 is 1.74. The van der Waals surface area contributed by atoms with Crippen LogP contribution >= 0.6 is 11.8 Å². The highest BCUT2D eigenvalue weighted by molar-refractivity contribution is 8.02. The van der Waals surface area contributed by atoms with E-state index in [4.69, 9.17) is 0 Å². The van der Waals surface area contributed by atoms with Crippen molar-refractivity contribution in [2.24, 2.45) is 11.0 Å². The third kappa shape index (κ3) is 2.40. The van der Waals surface area contributed by atoms with Crippen molar-refractivity contribution in [3.05, 3.63) is 11.5 Å². The van der Waals surface area contributed by atoms with Crippen LogP contribution in [0.3, 0.4) is 0 Å². The standard InChI is InChI=1S/C12H18N4OS/c17-12(15-16-5-2-1-3-6-16)11-9-8-18-7-4-10(9)13-14-11/h4,7,9,11,14H,1-3,5-6,8H2,(H,15,17). The first kappa shape index (κ1) is 12.0. The van der Waals surface area contributed by atoms with Gasteiger partial charge in [0, 0.05) is 24.8 Å². The molecule has 1 amide bonds. The van der Waals surface area contributed by atoms with Gasteiger partial charge in [-0.3, -0.25) is 15.6 Å². The van der Waals surface area contributed by atoms with Crippen LogP contribution in [-0.2, 0) is 4.79 Å². The predicted octanol–water partition coefficient (Wildman–Crippen LogP) is 0.708. The number of fused-ring (bicyclic) bond motifs is 1. The molecule has 3 aliphatic rings. The van der Waals surface area contributed by atoms with Gasteiger partial charge in [0.05, 0.1) is 5.71 Å². The molecule has 18 heavy (non-hydrogen) atoms. The topological polar surface area (TPSA) is 56.7 Å². The molecule has 0 radical (unpaired) electrons. The maximum Gasteiger partial charge on any atom is 0.259 e. The molecule has 0 aromatic carbocycles. The first-order valence-corrected chi connectivity index (χ1v) is 7.56. The molecule has 1 saturated heterocycles. The van der Waals surface area contributed by atoms with Crippen molar-refractivity contribution < 1.29 is 4.79 Å². The third-order valence-electron chi connectivity index (χ3n) is 3.63. The minimum Gasteiger partial charge on any atom is -0.297 e. The number of allylic oxidation sites excluding steroid dienone is 1. The van der Waals surface area contributed by atoms with Crippen molar-refractivity contribution in [1.82, 2.24) is 15.9 Å². The maximum absolute atomic E-state index is 12.2. The monoisotopic (exact) mass is 266 g/mol. The number of hydrazine groups is 1. The summed E-state index contributed by atoms with van der Waals surface area (Å²) in [4.78, 5) is 12.2. The Hall–Kier alpha value is -1.01. The van der Waals surface area contributed by atoms with E-state index in [2.05, 4.69) is 16.0 Å². The van der Waals surface area contributed by atoms with Crippen LogP contribution in [0.15, 0.2) is 16.6 Å². The molecule has 2 atom stereocenters. The first-order chi connectivity index (χ1) is 8.84. The van der Waals surface area contributed by atoms with E-state index in [1.54, 1.807) is 11.8 Å². The minimum absolute atomic E-state index is 0.0524. The van der Waals surface area contributed by atoms with E-state index in [1.165, 1.54) is 19.3 Å². The van der Waals surface area contributed by atoms with Crippen LogP contribution in [0.4, 0.5) is 0 Å². The zero-order chi connectivity index (χ0) is 12.4. The van der Waals surface area contributed by atoms with E-state index in [-0.39, 0.29) is 17.9 Å². The lowest BCUT2D eigenvalue weighted by atomic mass is 9.97. The molecule has 0 bridgehead atoms. The van der Waals surface area contributed by atoms with Gasteiger partial charge in [-0.1, -0.05) is 6.42 Å². The smallest absolute Gasteiger partial charge is 0.259 e. The van der Waals surface area contributed by atoms with Crippen molar-refractivity contribution in [3.63, 3.8) is 0 Å². The molecule has 3 rings (SSSR count). The second kappa shape index (κ2) is 5.32. The van der Waals surface area contributed by atoms with Crippen LogP contribution in [-0.4, -0.2) is 41.5 Å². The molecule has 3 heterocycles. The molecule has 1 fully saturated rings. The summed E-state index contributed by atoms with van der Waals surface area (Å²) in [6.07, 6.45) is 5.61. The Morgan fingerprint density at radius 1 is 1.44 bits per heavy atom. The fraction of sp³-hybridized carbons (Fsp3) is 0.667. The van der Waals surface area contributed by atoms with E-state index < -0.39 is 0 Å². The second-order valence-electron chi connectivity index (χ2n) is 4.91. The molecule has 3 aliphatic heterocycles. The van der Waals surface area contributed by atoms with Crippen LogP contribution in [0, 0.1) is 5.92 Å². The number of carbonyl (C=O) groups excluding carboxylic acids is 1. The highest BCUT2D eigenvalue weighted by Crippen LogP contribution is 2.25. The zero-order valence-electron chi connectivity index (χ0n) is 10.3. The van der Waals surface area contributed by atoms with Crippen LogP contribution in [0.5, 0.6) is 0 Å². The van der Waals surface area contributed by atoms with Gasteiger partial charge in [-0.05, 0) is 24.3 Å². The number of thioether (sulfide) groups is 1. The van der Waals surface area contributed by atoms with E-state index in [0.717, 1.165) is 24.6 Å². The molecule has 6 heteroatoms. The van der Waals surface area contributed by atoms with E-state index in [9.17, 15) is 4.79 Å². The fourth-order valence-electron chi connectivity index (χ4n) is 2.58. The Labute approximate surface area is 111 Å². The van der Waals surface area contributed by atoms with Crippen LogP contribution in [0.25, 0.3) is 0 Å². The number of hydrazone groups is 1. The van der Waals surface area contributed by atoms with Gasteiger partial charge >= 0.3 is 0 Å². The van der Waals surface area contributed by atoms with Crippen molar-refractivity contribution in [3.8, 4) is 0 Å². The molecule has 98 valence electrons. The Kier molecular flexibility index (Phi) is 3.56. The van der Waals surface area contributed by atoms with Gasteiger partial charge in [0.2, 0.25) is 0 Å². The Bertz CT molecular complexity index is 390. The molecule has 0 aromatic heterocycles. The predicted molar refractivity (Wildman–Crippen MR) is 73.0 cm³/mol. The largest absolute Gasteiger partial charge is 0.297 e.